The number of pyridine rings is 1. The smallest absolute Gasteiger partial charge is 0.269 e. The zero-order chi connectivity index (χ0) is 18.8. The van der Waals surface area contributed by atoms with Gasteiger partial charge in [-0.2, -0.15) is 0 Å². The Balaban J connectivity index is 2.20. The summed E-state index contributed by atoms with van der Waals surface area (Å²) in [5.41, 5.74) is 6.53. The van der Waals surface area contributed by atoms with E-state index >= 15 is 0 Å². The first-order valence-electron chi connectivity index (χ1n) is 7.63. The summed E-state index contributed by atoms with van der Waals surface area (Å²) in [7, 11) is -4.30. The minimum atomic E-state index is -4.30. The molecule has 2 aromatic rings. The molecule has 1 amide bonds. The molecular formula is C17H21N3O4S. The predicted octanol–water partition coefficient (Wildman–Crippen LogP) is 1.18. The third kappa shape index (κ3) is 4.34. The first kappa shape index (κ1) is 18.9. The van der Waals surface area contributed by atoms with Crippen LogP contribution in [0.1, 0.15) is 37.9 Å². The van der Waals surface area contributed by atoms with Crippen molar-refractivity contribution in [2.24, 2.45) is 5.73 Å². The van der Waals surface area contributed by atoms with Crippen molar-refractivity contribution in [3.05, 3.63) is 64.1 Å². The molecule has 0 radical (unpaired) electrons. The SMILES string of the molecule is CC(C)(C)c1ccc(C(N)C(=O)NS(=O)(=O)c2ccc[nH]c2=O)cc1. The zero-order valence-electron chi connectivity index (χ0n) is 14.2. The van der Waals surface area contributed by atoms with Gasteiger partial charge in [0.25, 0.3) is 21.5 Å². The summed E-state index contributed by atoms with van der Waals surface area (Å²) in [5, 5.41) is 0. The lowest BCUT2D eigenvalue weighted by molar-refractivity contribution is -0.120. The van der Waals surface area contributed by atoms with Gasteiger partial charge < -0.3 is 10.7 Å². The van der Waals surface area contributed by atoms with Gasteiger partial charge in [-0.05, 0) is 28.7 Å². The third-order valence-electron chi connectivity index (χ3n) is 3.72. The fourth-order valence-electron chi connectivity index (χ4n) is 2.21. The molecular weight excluding hydrogens is 342 g/mol. The van der Waals surface area contributed by atoms with Crippen LogP contribution in [-0.2, 0) is 20.2 Å². The molecule has 0 bridgehead atoms. The molecule has 0 saturated heterocycles. The number of aromatic amines is 1. The van der Waals surface area contributed by atoms with Crippen molar-refractivity contribution in [1.82, 2.24) is 9.71 Å². The lowest BCUT2D eigenvalue weighted by Gasteiger charge is -2.20. The number of hydrogen-bond acceptors (Lipinski definition) is 5. The maximum Gasteiger partial charge on any atom is 0.269 e. The highest BCUT2D eigenvalue weighted by atomic mass is 32.2. The largest absolute Gasteiger partial charge is 0.328 e. The maximum atomic E-state index is 12.2. The third-order valence-corrected chi connectivity index (χ3v) is 5.10. The van der Waals surface area contributed by atoms with E-state index in [1.807, 2.05) is 16.9 Å². The number of rotatable bonds is 4. The first-order valence-corrected chi connectivity index (χ1v) is 9.11. The average molecular weight is 363 g/mol. The van der Waals surface area contributed by atoms with E-state index in [4.69, 9.17) is 5.73 Å². The minimum Gasteiger partial charge on any atom is -0.328 e. The van der Waals surface area contributed by atoms with E-state index in [0.29, 0.717) is 5.56 Å². The van der Waals surface area contributed by atoms with E-state index in [9.17, 15) is 18.0 Å². The number of benzene rings is 1. The number of hydrogen-bond donors (Lipinski definition) is 3. The van der Waals surface area contributed by atoms with Crippen molar-refractivity contribution in [2.45, 2.75) is 37.1 Å². The highest BCUT2D eigenvalue weighted by Gasteiger charge is 2.25. The van der Waals surface area contributed by atoms with Crippen LogP contribution in [0.4, 0.5) is 0 Å². The molecule has 1 aromatic carbocycles. The molecule has 4 N–H and O–H groups in total. The summed E-state index contributed by atoms with van der Waals surface area (Å²) < 4.78 is 26.2. The van der Waals surface area contributed by atoms with Gasteiger partial charge in [0.2, 0.25) is 0 Å². The van der Waals surface area contributed by atoms with Crippen LogP contribution in [0.3, 0.4) is 0 Å². The van der Waals surface area contributed by atoms with Crippen LogP contribution >= 0.6 is 0 Å². The number of H-pyrrole nitrogens is 1. The van der Waals surface area contributed by atoms with Gasteiger partial charge in [0.15, 0.2) is 4.90 Å². The number of amides is 1. The van der Waals surface area contributed by atoms with Crippen LogP contribution in [0.15, 0.2) is 52.3 Å². The maximum absolute atomic E-state index is 12.2. The number of nitrogens with one attached hydrogen (secondary N) is 2. The van der Waals surface area contributed by atoms with Crippen LogP contribution in [-0.4, -0.2) is 19.3 Å². The van der Waals surface area contributed by atoms with Gasteiger partial charge in [-0.1, -0.05) is 45.0 Å². The molecule has 2 rings (SSSR count). The van der Waals surface area contributed by atoms with E-state index in [1.54, 1.807) is 12.1 Å². The lowest BCUT2D eigenvalue weighted by Crippen LogP contribution is -2.39. The molecule has 1 unspecified atom stereocenters. The van der Waals surface area contributed by atoms with E-state index in [2.05, 4.69) is 25.8 Å². The fraction of sp³-hybridized carbons (Fsp3) is 0.294. The summed E-state index contributed by atoms with van der Waals surface area (Å²) in [5.74, 6) is -0.910. The number of carbonyl (C=O) groups is 1. The lowest BCUT2D eigenvalue weighted by atomic mass is 9.86. The summed E-state index contributed by atoms with van der Waals surface area (Å²) >= 11 is 0. The minimum absolute atomic E-state index is 0.0530. The van der Waals surface area contributed by atoms with E-state index in [0.717, 1.165) is 11.6 Å². The van der Waals surface area contributed by atoms with Gasteiger partial charge >= 0.3 is 0 Å². The van der Waals surface area contributed by atoms with Crippen molar-refractivity contribution in [3.63, 3.8) is 0 Å². The second-order valence-corrected chi connectivity index (χ2v) is 8.33. The molecule has 8 heteroatoms. The highest BCUT2D eigenvalue weighted by Crippen LogP contribution is 2.23. The molecule has 0 fully saturated rings. The average Bonchev–Trinajstić information content (AvgIpc) is 2.53. The van der Waals surface area contributed by atoms with Gasteiger partial charge in [0.05, 0.1) is 0 Å². The Bertz CT molecular complexity index is 925. The normalized spacial score (nSPS) is 13.3. The van der Waals surface area contributed by atoms with Gasteiger partial charge in [-0.15, -0.1) is 0 Å². The molecule has 1 heterocycles. The number of carbonyl (C=O) groups excluding carboxylic acids is 1. The van der Waals surface area contributed by atoms with E-state index in [1.165, 1.54) is 12.3 Å². The second-order valence-electron chi connectivity index (χ2n) is 6.68. The van der Waals surface area contributed by atoms with E-state index in [-0.39, 0.29) is 5.41 Å². The predicted molar refractivity (Wildman–Crippen MR) is 94.5 cm³/mol. The summed E-state index contributed by atoms with van der Waals surface area (Å²) in [4.78, 5) is 25.5. The molecule has 0 aliphatic rings. The molecule has 0 aliphatic heterocycles. The van der Waals surface area contributed by atoms with Crippen LogP contribution in [0.25, 0.3) is 0 Å². The van der Waals surface area contributed by atoms with Crippen LogP contribution in [0.2, 0.25) is 0 Å². The number of nitrogens with two attached hydrogens (primary N) is 1. The van der Waals surface area contributed by atoms with Gasteiger partial charge in [-0.3, -0.25) is 9.59 Å². The van der Waals surface area contributed by atoms with Crippen molar-refractivity contribution in [3.8, 4) is 0 Å². The molecule has 0 spiro atoms. The Hall–Kier alpha value is -2.45. The van der Waals surface area contributed by atoms with Crippen molar-refractivity contribution < 1.29 is 13.2 Å². The fourth-order valence-corrected chi connectivity index (χ4v) is 3.27. The Morgan fingerprint density at radius 3 is 2.28 bits per heavy atom. The Labute approximate surface area is 146 Å². The summed E-state index contributed by atoms with van der Waals surface area (Å²) in [6, 6.07) is 8.35. The monoisotopic (exact) mass is 363 g/mol. The van der Waals surface area contributed by atoms with Crippen molar-refractivity contribution >= 4 is 15.9 Å². The first-order chi connectivity index (χ1) is 11.5. The Morgan fingerprint density at radius 2 is 1.76 bits per heavy atom. The molecule has 0 saturated carbocycles. The van der Waals surface area contributed by atoms with Gasteiger partial charge in [-0.25, -0.2) is 13.1 Å². The van der Waals surface area contributed by atoms with Crippen molar-refractivity contribution in [1.29, 1.82) is 0 Å². The molecule has 7 nitrogen and oxygen atoms in total. The van der Waals surface area contributed by atoms with Gasteiger partial charge in [0, 0.05) is 6.20 Å². The second kappa shape index (κ2) is 6.81. The molecule has 1 aromatic heterocycles. The number of sulfonamides is 1. The summed E-state index contributed by atoms with van der Waals surface area (Å²) in [6.07, 6.45) is 1.30. The topological polar surface area (TPSA) is 122 Å². The standard InChI is InChI=1S/C17H21N3O4S/c1-17(2,3)12-8-6-11(7-9-12)14(18)16(22)20-25(23,24)13-5-4-10-19-15(13)21/h4-10,14H,18H2,1-3H3,(H,19,21)(H,20,22). The number of aromatic nitrogens is 1. The zero-order valence-corrected chi connectivity index (χ0v) is 15.1. The van der Waals surface area contributed by atoms with Crippen LogP contribution in [0, 0.1) is 0 Å². The molecule has 1 atom stereocenters. The quantitative estimate of drug-likeness (QED) is 0.753. The van der Waals surface area contributed by atoms with Crippen LogP contribution < -0.4 is 16.0 Å². The summed E-state index contributed by atoms with van der Waals surface area (Å²) in [6.45, 7) is 6.16. The molecule has 134 valence electrons. The van der Waals surface area contributed by atoms with Crippen LogP contribution in [0.5, 0.6) is 0 Å². The van der Waals surface area contributed by atoms with Crippen molar-refractivity contribution in [2.75, 3.05) is 0 Å². The highest BCUT2D eigenvalue weighted by molar-refractivity contribution is 7.90. The molecule has 0 aliphatic carbocycles. The Kier molecular flexibility index (Phi) is 5.15. The molecule has 25 heavy (non-hydrogen) atoms. The Morgan fingerprint density at radius 1 is 1.16 bits per heavy atom. The van der Waals surface area contributed by atoms with Gasteiger partial charge in [0.1, 0.15) is 6.04 Å². The van der Waals surface area contributed by atoms with E-state index < -0.39 is 32.4 Å².